The third kappa shape index (κ3) is 3.60. The predicted octanol–water partition coefficient (Wildman–Crippen LogP) is 2.61. The summed E-state index contributed by atoms with van der Waals surface area (Å²) in [5, 5.41) is 9.22. The molecule has 110 valence electrons. The highest BCUT2D eigenvalue weighted by atomic mass is 16.3. The third-order valence-corrected chi connectivity index (χ3v) is 4.27. The highest BCUT2D eigenvalue weighted by Gasteiger charge is 2.26. The van der Waals surface area contributed by atoms with Crippen molar-refractivity contribution >= 4 is 5.91 Å². The van der Waals surface area contributed by atoms with Gasteiger partial charge >= 0.3 is 0 Å². The summed E-state index contributed by atoms with van der Waals surface area (Å²) in [6.45, 7) is 4.62. The zero-order valence-electron chi connectivity index (χ0n) is 12.6. The van der Waals surface area contributed by atoms with Crippen molar-refractivity contribution in [3.8, 4) is 0 Å². The van der Waals surface area contributed by atoms with Crippen LogP contribution in [-0.2, 0) is 11.2 Å². The Hall–Kier alpha value is -1.35. The van der Waals surface area contributed by atoms with Gasteiger partial charge in [0, 0.05) is 12.6 Å². The zero-order chi connectivity index (χ0) is 14.5. The van der Waals surface area contributed by atoms with E-state index in [1.54, 1.807) is 0 Å². The number of carbonyl (C=O) groups excluding carboxylic acids is 1. The summed E-state index contributed by atoms with van der Waals surface area (Å²) in [5.74, 6) is 0.152. The molecule has 0 heterocycles. The molecule has 0 unspecified atom stereocenters. The maximum atomic E-state index is 12.6. The van der Waals surface area contributed by atoms with Gasteiger partial charge in [0.05, 0.1) is 13.0 Å². The second-order valence-electron chi connectivity index (χ2n) is 5.86. The van der Waals surface area contributed by atoms with Gasteiger partial charge in [-0.15, -0.1) is 0 Å². The molecule has 2 rings (SSSR count). The van der Waals surface area contributed by atoms with E-state index in [9.17, 15) is 9.90 Å². The number of benzene rings is 1. The van der Waals surface area contributed by atoms with Crippen LogP contribution in [0.1, 0.15) is 42.4 Å². The number of aryl methyl sites for hydroxylation is 2. The van der Waals surface area contributed by atoms with Gasteiger partial charge in [0.15, 0.2) is 0 Å². The van der Waals surface area contributed by atoms with E-state index >= 15 is 0 Å². The Morgan fingerprint density at radius 3 is 2.65 bits per heavy atom. The van der Waals surface area contributed by atoms with Gasteiger partial charge < -0.3 is 10.0 Å². The van der Waals surface area contributed by atoms with Crippen LogP contribution in [0.3, 0.4) is 0 Å². The lowest BCUT2D eigenvalue weighted by molar-refractivity contribution is -0.133. The van der Waals surface area contributed by atoms with Crippen LogP contribution < -0.4 is 0 Å². The lowest BCUT2D eigenvalue weighted by Crippen LogP contribution is -2.41. The fourth-order valence-electron chi connectivity index (χ4n) is 3.09. The summed E-state index contributed by atoms with van der Waals surface area (Å²) in [5.41, 5.74) is 3.46. The summed E-state index contributed by atoms with van der Waals surface area (Å²) < 4.78 is 0. The molecule has 1 aliphatic carbocycles. The van der Waals surface area contributed by atoms with Gasteiger partial charge in [-0.2, -0.15) is 0 Å². The molecule has 20 heavy (non-hydrogen) atoms. The lowest BCUT2D eigenvalue weighted by Gasteiger charge is -2.28. The highest BCUT2D eigenvalue weighted by Crippen LogP contribution is 2.24. The van der Waals surface area contributed by atoms with Crippen molar-refractivity contribution in [2.24, 2.45) is 0 Å². The van der Waals surface area contributed by atoms with E-state index in [0.29, 0.717) is 19.0 Å². The number of aliphatic hydroxyl groups is 1. The van der Waals surface area contributed by atoms with Crippen LogP contribution in [0.4, 0.5) is 0 Å². The third-order valence-electron chi connectivity index (χ3n) is 4.27. The van der Waals surface area contributed by atoms with Crippen molar-refractivity contribution in [1.82, 2.24) is 4.90 Å². The molecular formula is C17H25NO2. The molecule has 1 amide bonds. The van der Waals surface area contributed by atoms with Crippen LogP contribution in [0.2, 0.25) is 0 Å². The molecule has 0 radical (unpaired) electrons. The minimum absolute atomic E-state index is 0.0506. The number of carbonyl (C=O) groups is 1. The first-order chi connectivity index (χ1) is 9.61. The minimum Gasteiger partial charge on any atom is -0.395 e. The summed E-state index contributed by atoms with van der Waals surface area (Å²) in [6, 6.07) is 6.58. The van der Waals surface area contributed by atoms with E-state index in [1.165, 1.54) is 24.0 Å². The van der Waals surface area contributed by atoms with Gasteiger partial charge in [-0.25, -0.2) is 0 Å². The molecule has 0 aromatic heterocycles. The topological polar surface area (TPSA) is 40.5 Å². The Bertz CT molecular complexity index is 464. The van der Waals surface area contributed by atoms with Crippen molar-refractivity contribution in [2.45, 2.75) is 52.0 Å². The smallest absolute Gasteiger partial charge is 0.227 e. The summed E-state index contributed by atoms with van der Waals surface area (Å²) in [7, 11) is 0. The Kier molecular flexibility index (Phi) is 5.18. The molecule has 1 aliphatic rings. The van der Waals surface area contributed by atoms with Gasteiger partial charge in [0.2, 0.25) is 5.91 Å². The van der Waals surface area contributed by atoms with Crippen LogP contribution in [0, 0.1) is 13.8 Å². The maximum absolute atomic E-state index is 12.6. The number of nitrogens with zero attached hydrogens (tertiary/aromatic N) is 1. The molecule has 0 bridgehead atoms. The Labute approximate surface area is 121 Å². The van der Waals surface area contributed by atoms with E-state index in [4.69, 9.17) is 0 Å². The van der Waals surface area contributed by atoms with Crippen LogP contribution in [-0.4, -0.2) is 35.1 Å². The molecule has 1 aromatic carbocycles. The van der Waals surface area contributed by atoms with Crippen molar-refractivity contribution in [2.75, 3.05) is 13.2 Å². The fourth-order valence-corrected chi connectivity index (χ4v) is 3.09. The van der Waals surface area contributed by atoms with E-state index in [-0.39, 0.29) is 12.5 Å². The average Bonchev–Trinajstić information content (AvgIpc) is 2.93. The van der Waals surface area contributed by atoms with E-state index in [2.05, 4.69) is 25.1 Å². The molecule has 1 aromatic rings. The number of rotatable bonds is 5. The molecule has 1 saturated carbocycles. The van der Waals surface area contributed by atoms with Crippen LogP contribution >= 0.6 is 0 Å². The van der Waals surface area contributed by atoms with Gasteiger partial charge in [0.1, 0.15) is 0 Å². The summed E-state index contributed by atoms with van der Waals surface area (Å²) in [4.78, 5) is 14.5. The average molecular weight is 275 g/mol. The normalized spacial score (nSPS) is 15.6. The van der Waals surface area contributed by atoms with Crippen molar-refractivity contribution in [3.63, 3.8) is 0 Å². The zero-order valence-corrected chi connectivity index (χ0v) is 12.6. The van der Waals surface area contributed by atoms with E-state index in [0.717, 1.165) is 18.4 Å². The molecule has 0 atom stereocenters. The standard InChI is InChI=1S/C17H25NO2/c1-13-7-8-14(2)15(11-13)12-17(20)18(9-10-19)16-5-3-4-6-16/h7-8,11,16,19H,3-6,9-10,12H2,1-2H3. The molecule has 3 heteroatoms. The molecular weight excluding hydrogens is 250 g/mol. The van der Waals surface area contributed by atoms with Gasteiger partial charge in [-0.05, 0) is 37.8 Å². The second kappa shape index (κ2) is 6.89. The number of hydrogen-bond acceptors (Lipinski definition) is 2. The number of aliphatic hydroxyl groups excluding tert-OH is 1. The Balaban J connectivity index is 2.09. The van der Waals surface area contributed by atoms with Gasteiger partial charge in [0.25, 0.3) is 0 Å². The quantitative estimate of drug-likeness (QED) is 0.897. The minimum atomic E-state index is 0.0506. The Morgan fingerprint density at radius 2 is 2.00 bits per heavy atom. The van der Waals surface area contributed by atoms with Crippen molar-refractivity contribution in [1.29, 1.82) is 0 Å². The SMILES string of the molecule is Cc1ccc(C)c(CC(=O)N(CCO)C2CCCC2)c1. The molecule has 0 aliphatic heterocycles. The van der Waals surface area contributed by atoms with Crippen molar-refractivity contribution in [3.05, 3.63) is 34.9 Å². The number of amides is 1. The summed E-state index contributed by atoms with van der Waals surface area (Å²) >= 11 is 0. The summed E-state index contributed by atoms with van der Waals surface area (Å²) in [6.07, 6.45) is 5.01. The molecule has 1 fully saturated rings. The fraction of sp³-hybridized carbons (Fsp3) is 0.588. The molecule has 1 N–H and O–H groups in total. The number of hydrogen-bond donors (Lipinski definition) is 1. The second-order valence-corrected chi connectivity index (χ2v) is 5.86. The first-order valence-electron chi connectivity index (χ1n) is 7.58. The van der Waals surface area contributed by atoms with Gasteiger partial charge in [-0.3, -0.25) is 4.79 Å². The van der Waals surface area contributed by atoms with Crippen molar-refractivity contribution < 1.29 is 9.90 Å². The monoisotopic (exact) mass is 275 g/mol. The van der Waals surface area contributed by atoms with E-state index in [1.807, 2.05) is 11.8 Å². The molecule has 0 spiro atoms. The van der Waals surface area contributed by atoms with E-state index < -0.39 is 0 Å². The van der Waals surface area contributed by atoms with Crippen LogP contribution in [0.25, 0.3) is 0 Å². The predicted molar refractivity (Wildman–Crippen MR) is 80.7 cm³/mol. The highest BCUT2D eigenvalue weighted by molar-refractivity contribution is 5.79. The largest absolute Gasteiger partial charge is 0.395 e. The maximum Gasteiger partial charge on any atom is 0.227 e. The van der Waals surface area contributed by atoms with Crippen LogP contribution in [0.15, 0.2) is 18.2 Å². The molecule has 0 saturated heterocycles. The Morgan fingerprint density at radius 1 is 1.30 bits per heavy atom. The van der Waals surface area contributed by atoms with Gasteiger partial charge in [-0.1, -0.05) is 36.6 Å². The first-order valence-corrected chi connectivity index (χ1v) is 7.58. The lowest BCUT2D eigenvalue weighted by atomic mass is 10.0. The molecule has 3 nitrogen and oxygen atoms in total. The van der Waals surface area contributed by atoms with Crippen LogP contribution in [0.5, 0.6) is 0 Å². The first kappa shape index (κ1) is 15.0.